The molecule has 5 heteroatoms. The standard InChI is InChI=1S/C21H23NO4/c1-13(2)15-7-5-14(6-8-15)12-22-17-11-16(19(23)24)9-10-18(17)26-21(3,4)20(22)25/h5-11,13H,12H2,1-4H3,(H,23,24). The molecule has 1 heterocycles. The summed E-state index contributed by atoms with van der Waals surface area (Å²) < 4.78 is 5.80. The van der Waals surface area contributed by atoms with Crippen molar-refractivity contribution in [2.45, 2.75) is 45.8 Å². The largest absolute Gasteiger partial charge is 0.478 e. The van der Waals surface area contributed by atoms with Gasteiger partial charge < -0.3 is 14.7 Å². The molecule has 0 unspecified atom stereocenters. The van der Waals surface area contributed by atoms with Crippen molar-refractivity contribution in [3.05, 3.63) is 59.2 Å². The van der Waals surface area contributed by atoms with Gasteiger partial charge in [0.25, 0.3) is 5.91 Å². The van der Waals surface area contributed by atoms with Crippen molar-refractivity contribution in [1.82, 2.24) is 0 Å². The first-order chi connectivity index (χ1) is 12.2. The first kappa shape index (κ1) is 18.0. The molecule has 0 radical (unpaired) electrons. The van der Waals surface area contributed by atoms with Gasteiger partial charge in [0.2, 0.25) is 0 Å². The van der Waals surface area contributed by atoms with Crippen molar-refractivity contribution < 1.29 is 19.4 Å². The minimum absolute atomic E-state index is 0.125. The zero-order valence-corrected chi connectivity index (χ0v) is 15.4. The van der Waals surface area contributed by atoms with Crippen LogP contribution < -0.4 is 9.64 Å². The molecule has 1 aliphatic rings. The number of amides is 1. The first-order valence-corrected chi connectivity index (χ1v) is 8.66. The topological polar surface area (TPSA) is 66.8 Å². The lowest BCUT2D eigenvalue weighted by molar-refractivity contribution is -0.132. The Morgan fingerprint density at radius 1 is 1.15 bits per heavy atom. The van der Waals surface area contributed by atoms with Gasteiger partial charge in [0, 0.05) is 0 Å². The molecule has 0 spiro atoms. The van der Waals surface area contributed by atoms with Crippen LogP contribution in [0.25, 0.3) is 0 Å². The molecule has 0 saturated heterocycles. The second-order valence-corrected chi connectivity index (χ2v) is 7.39. The van der Waals surface area contributed by atoms with E-state index in [9.17, 15) is 14.7 Å². The van der Waals surface area contributed by atoms with E-state index in [0.717, 1.165) is 5.56 Å². The van der Waals surface area contributed by atoms with Gasteiger partial charge in [0.05, 0.1) is 17.8 Å². The molecule has 0 saturated carbocycles. The first-order valence-electron chi connectivity index (χ1n) is 8.66. The number of carboxylic acids is 1. The van der Waals surface area contributed by atoms with Crippen LogP contribution in [0.5, 0.6) is 5.75 Å². The number of benzene rings is 2. The van der Waals surface area contributed by atoms with Crippen molar-refractivity contribution in [3.8, 4) is 5.75 Å². The van der Waals surface area contributed by atoms with Crippen LogP contribution in [-0.4, -0.2) is 22.6 Å². The summed E-state index contributed by atoms with van der Waals surface area (Å²) in [6, 6.07) is 12.7. The maximum atomic E-state index is 12.9. The highest BCUT2D eigenvalue weighted by Gasteiger charge is 2.41. The Kier molecular flexibility index (Phi) is 4.48. The summed E-state index contributed by atoms with van der Waals surface area (Å²) in [5, 5.41) is 9.27. The van der Waals surface area contributed by atoms with Gasteiger partial charge in [-0.15, -0.1) is 0 Å². The van der Waals surface area contributed by atoms with E-state index in [4.69, 9.17) is 4.74 Å². The molecule has 26 heavy (non-hydrogen) atoms. The number of carbonyl (C=O) groups is 2. The monoisotopic (exact) mass is 353 g/mol. The Labute approximate surface area is 153 Å². The van der Waals surface area contributed by atoms with Crippen molar-refractivity contribution >= 4 is 17.6 Å². The third-order valence-corrected chi connectivity index (χ3v) is 4.61. The molecule has 1 amide bonds. The summed E-state index contributed by atoms with van der Waals surface area (Å²) in [7, 11) is 0. The van der Waals surface area contributed by atoms with Crippen LogP contribution in [0.2, 0.25) is 0 Å². The predicted octanol–water partition coefficient (Wildman–Crippen LogP) is 4.21. The number of carbonyl (C=O) groups excluding carboxylic acids is 1. The summed E-state index contributed by atoms with van der Waals surface area (Å²) in [6.07, 6.45) is 0. The van der Waals surface area contributed by atoms with Crippen molar-refractivity contribution in [2.24, 2.45) is 0 Å². The molecule has 1 N–H and O–H groups in total. The SMILES string of the molecule is CC(C)c1ccc(CN2C(=O)C(C)(C)Oc3ccc(C(=O)O)cc32)cc1. The Morgan fingerprint density at radius 2 is 1.81 bits per heavy atom. The maximum absolute atomic E-state index is 12.9. The Morgan fingerprint density at radius 3 is 2.38 bits per heavy atom. The Balaban J connectivity index is 2.00. The molecule has 2 aromatic carbocycles. The Bertz CT molecular complexity index is 853. The molecular formula is C21H23NO4. The summed E-state index contributed by atoms with van der Waals surface area (Å²) in [5.41, 5.74) is 1.82. The zero-order chi connectivity index (χ0) is 19.1. The maximum Gasteiger partial charge on any atom is 0.335 e. The second kappa shape index (κ2) is 6.48. The van der Waals surface area contributed by atoms with Gasteiger partial charge in [-0.2, -0.15) is 0 Å². The van der Waals surface area contributed by atoms with Gasteiger partial charge in [-0.1, -0.05) is 38.1 Å². The van der Waals surface area contributed by atoms with Gasteiger partial charge >= 0.3 is 5.97 Å². The van der Waals surface area contributed by atoms with Crippen LogP contribution in [0.3, 0.4) is 0 Å². The van der Waals surface area contributed by atoms with Gasteiger partial charge in [-0.3, -0.25) is 4.79 Å². The fourth-order valence-corrected chi connectivity index (χ4v) is 3.05. The minimum atomic E-state index is -1.04. The zero-order valence-electron chi connectivity index (χ0n) is 15.4. The predicted molar refractivity (Wildman–Crippen MR) is 99.8 cm³/mol. The molecule has 1 aliphatic heterocycles. The van der Waals surface area contributed by atoms with Gasteiger partial charge in [0.1, 0.15) is 5.75 Å². The number of nitrogens with zero attached hydrogens (tertiary/aromatic N) is 1. The van der Waals surface area contributed by atoms with Crippen LogP contribution in [0.4, 0.5) is 5.69 Å². The lowest BCUT2D eigenvalue weighted by atomic mass is 9.99. The third-order valence-electron chi connectivity index (χ3n) is 4.61. The second-order valence-electron chi connectivity index (χ2n) is 7.39. The van der Waals surface area contributed by atoms with Gasteiger partial charge in [-0.25, -0.2) is 4.79 Å². The third kappa shape index (κ3) is 3.29. The van der Waals surface area contributed by atoms with E-state index in [-0.39, 0.29) is 11.5 Å². The van der Waals surface area contributed by atoms with Crippen LogP contribution in [0, 0.1) is 0 Å². The van der Waals surface area contributed by atoms with Crippen LogP contribution in [0.1, 0.15) is 55.1 Å². The smallest absolute Gasteiger partial charge is 0.335 e. The normalized spacial score (nSPS) is 15.6. The van der Waals surface area contributed by atoms with Crippen molar-refractivity contribution in [2.75, 3.05) is 4.90 Å². The molecule has 136 valence electrons. The number of anilines is 1. The van der Waals surface area contributed by atoms with E-state index in [1.54, 1.807) is 24.8 Å². The molecule has 0 fully saturated rings. The molecule has 0 atom stereocenters. The molecule has 5 nitrogen and oxygen atoms in total. The summed E-state index contributed by atoms with van der Waals surface area (Å²) >= 11 is 0. The van der Waals surface area contributed by atoms with E-state index in [2.05, 4.69) is 26.0 Å². The average molecular weight is 353 g/mol. The van der Waals surface area contributed by atoms with Crippen molar-refractivity contribution in [3.63, 3.8) is 0 Å². The number of hydrogen-bond donors (Lipinski definition) is 1. The van der Waals surface area contributed by atoms with Gasteiger partial charge in [-0.05, 0) is 49.1 Å². The number of ether oxygens (including phenoxy) is 1. The average Bonchev–Trinajstić information content (AvgIpc) is 2.58. The highest BCUT2D eigenvalue weighted by Crippen LogP contribution is 2.39. The van der Waals surface area contributed by atoms with Crippen LogP contribution in [-0.2, 0) is 11.3 Å². The minimum Gasteiger partial charge on any atom is -0.478 e. The van der Waals surface area contributed by atoms with E-state index < -0.39 is 11.6 Å². The highest BCUT2D eigenvalue weighted by molar-refractivity contribution is 6.03. The molecular weight excluding hydrogens is 330 g/mol. The summed E-state index contributed by atoms with van der Waals surface area (Å²) in [5.74, 6) is -0.281. The highest BCUT2D eigenvalue weighted by atomic mass is 16.5. The van der Waals surface area contributed by atoms with Crippen LogP contribution in [0.15, 0.2) is 42.5 Å². The van der Waals surface area contributed by atoms with E-state index in [0.29, 0.717) is 23.9 Å². The van der Waals surface area contributed by atoms with E-state index >= 15 is 0 Å². The fraction of sp³-hybridized carbons (Fsp3) is 0.333. The lowest BCUT2D eigenvalue weighted by Crippen LogP contribution is -2.52. The number of carboxylic acid groups (broad SMARTS) is 1. The number of fused-ring (bicyclic) bond motifs is 1. The Hall–Kier alpha value is -2.82. The number of aromatic carboxylic acids is 1. The quantitative estimate of drug-likeness (QED) is 0.894. The summed E-state index contributed by atoms with van der Waals surface area (Å²) in [6.45, 7) is 8.07. The molecule has 0 aromatic heterocycles. The number of hydrogen-bond acceptors (Lipinski definition) is 3. The van der Waals surface area contributed by atoms with Crippen LogP contribution >= 0.6 is 0 Å². The number of rotatable bonds is 4. The fourth-order valence-electron chi connectivity index (χ4n) is 3.05. The molecule has 2 aromatic rings. The van der Waals surface area contributed by atoms with E-state index in [1.807, 2.05) is 12.1 Å². The lowest BCUT2D eigenvalue weighted by Gasteiger charge is -2.39. The molecule has 3 rings (SSSR count). The van der Waals surface area contributed by atoms with E-state index in [1.165, 1.54) is 17.7 Å². The molecule has 0 aliphatic carbocycles. The summed E-state index contributed by atoms with van der Waals surface area (Å²) in [4.78, 5) is 25.8. The van der Waals surface area contributed by atoms with Crippen molar-refractivity contribution in [1.29, 1.82) is 0 Å². The van der Waals surface area contributed by atoms with Gasteiger partial charge in [0.15, 0.2) is 5.60 Å². The molecule has 0 bridgehead atoms.